The van der Waals surface area contributed by atoms with Crippen LogP contribution in [0.1, 0.15) is 19.8 Å². The van der Waals surface area contributed by atoms with E-state index in [0.717, 1.165) is 6.92 Å². The van der Waals surface area contributed by atoms with Gasteiger partial charge in [-0.2, -0.15) is 0 Å². The number of rotatable bonds is 9. The van der Waals surface area contributed by atoms with Crippen LogP contribution in [0.5, 0.6) is 0 Å². The predicted octanol–water partition coefficient (Wildman–Crippen LogP) is -4.56. The van der Waals surface area contributed by atoms with E-state index in [1.165, 1.54) is 0 Å². The van der Waals surface area contributed by atoms with Gasteiger partial charge in [0.25, 0.3) is 0 Å². The topological polar surface area (TPSA) is 226 Å². The first-order valence-electron chi connectivity index (χ1n) is 8.47. The zero-order chi connectivity index (χ0) is 21.6. The number of primary amides is 1. The molecule has 0 aliphatic carbocycles. The third-order valence-electron chi connectivity index (χ3n) is 4.29. The number of aliphatic hydroxyl groups excluding tert-OH is 3. The predicted molar refractivity (Wildman–Crippen MR) is 91.1 cm³/mol. The highest BCUT2D eigenvalue weighted by Gasteiger charge is 2.50. The van der Waals surface area contributed by atoms with Crippen molar-refractivity contribution in [3.05, 3.63) is 0 Å². The van der Waals surface area contributed by atoms with E-state index in [2.05, 4.69) is 5.32 Å². The highest BCUT2D eigenvalue weighted by atomic mass is 16.5. The summed E-state index contributed by atoms with van der Waals surface area (Å²) >= 11 is 0. The Morgan fingerprint density at radius 3 is 2.25 bits per heavy atom. The number of carbonyl (C=O) groups excluding carboxylic acids is 3. The molecular weight excluding hydrogens is 380 g/mol. The van der Waals surface area contributed by atoms with E-state index >= 15 is 0 Å². The fraction of sp³-hybridized carbons (Fsp3) is 0.733. The van der Waals surface area contributed by atoms with Crippen molar-refractivity contribution in [3.63, 3.8) is 0 Å². The molecule has 1 saturated heterocycles. The highest BCUT2D eigenvalue weighted by Crippen LogP contribution is 2.26. The van der Waals surface area contributed by atoms with Crippen LogP contribution in [0.4, 0.5) is 0 Å². The number of carbonyl (C=O) groups is 4. The van der Waals surface area contributed by atoms with Gasteiger partial charge in [0.2, 0.25) is 17.7 Å². The molecule has 1 unspecified atom stereocenters. The Morgan fingerprint density at radius 2 is 1.82 bits per heavy atom. The van der Waals surface area contributed by atoms with Crippen molar-refractivity contribution in [2.45, 2.75) is 56.4 Å². The zero-order valence-corrected chi connectivity index (χ0v) is 15.2. The number of aliphatic hydroxyl groups is 3. The second kappa shape index (κ2) is 10.3. The normalized spacial score (nSPS) is 28.2. The Bertz CT molecular complexity index is 602. The molecule has 0 saturated carbocycles. The minimum atomic E-state index is -1.70. The van der Waals surface area contributed by atoms with Gasteiger partial charge in [0.05, 0.1) is 13.2 Å². The third kappa shape index (κ3) is 5.59. The SMILES string of the molecule is CC(=O)N[C@H]1C(N(C(=O)CN)[C@H](CCC(N)=O)C(=O)O)O[C@H](CO)[C@@H](O)[C@@H]1O. The molecule has 1 aliphatic rings. The number of aliphatic carboxylic acids is 1. The largest absolute Gasteiger partial charge is 0.480 e. The van der Waals surface area contributed by atoms with Gasteiger partial charge in [0.1, 0.15) is 30.4 Å². The van der Waals surface area contributed by atoms with Crippen molar-refractivity contribution in [1.29, 1.82) is 0 Å². The Hall–Kier alpha value is -2.32. The Kier molecular flexibility index (Phi) is 8.71. The molecule has 3 amide bonds. The maximum absolute atomic E-state index is 12.4. The molecule has 1 heterocycles. The van der Waals surface area contributed by atoms with Crippen LogP contribution in [-0.2, 0) is 23.9 Å². The van der Waals surface area contributed by atoms with Gasteiger partial charge in [0, 0.05) is 13.3 Å². The molecule has 0 aromatic heterocycles. The van der Waals surface area contributed by atoms with Crippen LogP contribution < -0.4 is 16.8 Å². The van der Waals surface area contributed by atoms with E-state index in [9.17, 15) is 39.6 Å². The molecule has 28 heavy (non-hydrogen) atoms. The van der Waals surface area contributed by atoms with Crippen LogP contribution >= 0.6 is 0 Å². The van der Waals surface area contributed by atoms with Crippen LogP contribution in [0.15, 0.2) is 0 Å². The van der Waals surface area contributed by atoms with Crippen molar-refractivity contribution >= 4 is 23.7 Å². The van der Waals surface area contributed by atoms with Gasteiger partial charge in [-0.25, -0.2) is 4.79 Å². The first-order valence-corrected chi connectivity index (χ1v) is 8.47. The number of hydrogen-bond donors (Lipinski definition) is 7. The van der Waals surface area contributed by atoms with E-state index in [1.54, 1.807) is 0 Å². The number of carboxylic acids is 1. The molecule has 1 fully saturated rings. The van der Waals surface area contributed by atoms with Crippen LogP contribution in [-0.4, -0.2) is 98.8 Å². The van der Waals surface area contributed by atoms with Crippen molar-refractivity contribution in [2.75, 3.05) is 13.2 Å². The second-order valence-electron chi connectivity index (χ2n) is 6.32. The summed E-state index contributed by atoms with van der Waals surface area (Å²) in [5.41, 5.74) is 10.4. The fourth-order valence-corrected chi connectivity index (χ4v) is 2.99. The van der Waals surface area contributed by atoms with Gasteiger partial charge in [-0.05, 0) is 6.42 Å². The number of nitrogens with zero attached hydrogens (tertiary/aromatic N) is 1. The summed E-state index contributed by atoms with van der Waals surface area (Å²) in [4.78, 5) is 47.5. The lowest BCUT2D eigenvalue weighted by Crippen LogP contribution is -2.70. The van der Waals surface area contributed by atoms with Gasteiger partial charge in [-0.15, -0.1) is 0 Å². The number of ether oxygens (including phenoxy) is 1. The molecule has 0 radical (unpaired) electrons. The van der Waals surface area contributed by atoms with Crippen LogP contribution in [0, 0.1) is 0 Å². The summed E-state index contributed by atoms with van der Waals surface area (Å²) < 4.78 is 5.45. The molecule has 6 atom stereocenters. The van der Waals surface area contributed by atoms with Crippen molar-refractivity contribution in [3.8, 4) is 0 Å². The van der Waals surface area contributed by atoms with E-state index in [4.69, 9.17) is 16.2 Å². The van der Waals surface area contributed by atoms with Gasteiger partial charge in [0.15, 0.2) is 6.23 Å². The molecule has 13 heteroatoms. The van der Waals surface area contributed by atoms with Gasteiger partial charge in [-0.3, -0.25) is 19.3 Å². The lowest BCUT2D eigenvalue weighted by Gasteiger charge is -2.48. The minimum Gasteiger partial charge on any atom is -0.480 e. The van der Waals surface area contributed by atoms with E-state index < -0.39 is 73.5 Å². The Labute approximate surface area is 160 Å². The second-order valence-corrected chi connectivity index (χ2v) is 6.32. The standard InChI is InChI=1S/C15H26N4O9/c1-6(21)18-11-13(25)12(24)8(5-20)28-14(11)19(10(23)4-16)7(15(26)27)2-3-9(17)22/h7-8,11-14,20,24-25H,2-5,16H2,1H3,(H2,17,22)(H,18,21)(H,26,27)/t7-,8-,11-,12-,13-,14?/m1/s1. The van der Waals surface area contributed by atoms with Crippen LogP contribution in [0.3, 0.4) is 0 Å². The summed E-state index contributed by atoms with van der Waals surface area (Å²) in [7, 11) is 0. The molecule has 13 nitrogen and oxygen atoms in total. The summed E-state index contributed by atoms with van der Waals surface area (Å²) in [5, 5.41) is 41.6. The maximum Gasteiger partial charge on any atom is 0.326 e. The highest BCUT2D eigenvalue weighted by molar-refractivity contribution is 5.85. The average molecular weight is 406 g/mol. The molecule has 0 spiro atoms. The van der Waals surface area contributed by atoms with Crippen LogP contribution in [0.2, 0.25) is 0 Å². The molecule has 0 aromatic rings. The van der Waals surface area contributed by atoms with E-state index in [-0.39, 0.29) is 12.8 Å². The van der Waals surface area contributed by atoms with Crippen molar-refractivity contribution in [2.24, 2.45) is 11.5 Å². The maximum atomic E-state index is 12.4. The summed E-state index contributed by atoms with van der Waals surface area (Å²) in [6.45, 7) is -0.300. The average Bonchev–Trinajstić information content (AvgIpc) is 2.62. The number of nitrogens with two attached hydrogens (primary N) is 2. The van der Waals surface area contributed by atoms with Gasteiger partial charge < -0.3 is 41.9 Å². The summed E-state index contributed by atoms with van der Waals surface area (Å²) in [6.07, 6.45) is -7.04. The molecular formula is C15H26N4O9. The Balaban J connectivity index is 3.38. The first kappa shape index (κ1) is 23.7. The van der Waals surface area contributed by atoms with Gasteiger partial charge in [-0.1, -0.05) is 0 Å². The molecule has 9 N–H and O–H groups in total. The number of carboxylic acid groups (broad SMARTS) is 1. The van der Waals surface area contributed by atoms with Gasteiger partial charge >= 0.3 is 5.97 Å². The van der Waals surface area contributed by atoms with Crippen LogP contribution in [0.25, 0.3) is 0 Å². The molecule has 160 valence electrons. The third-order valence-corrected chi connectivity index (χ3v) is 4.29. The molecule has 1 aliphatic heterocycles. The fourth-order valence-electron chi connectivity index (χ4n) is 2.99. The monoisotopic (exact) mass is 406 g/mol. The number of amides is 3. The summed E-state index contributed by atoms with van der Waals surface area (Å²) in [5.74, 6) is -3.89. The summed E-state index contributed by atoms with van der Waals surface area (Å²) in [6, 6.07) is -3.06. The lowest BCUT2D eigenvalue weighted by atomic mass is 9.94. The molecule has 1 rings (SSSR count). The minimum absolute atomic E-state index is 0.378. The lowest BCUT2D eigenvalue weighted by molar-refractivity contribution is -0.237. The zero-order valence-electron chi connectivity index (χ0n) is 15.2. The van der Waals surface area contributed by atoms with E-state index in [0.29, 0.717) is 4.90 Å². The number of hydrogen-bond acceptors (Lipinski definition) is 9. The van der Waals surface area contributed by atoms with Crippen molar-refractivity contribution in [1.82, 2.24) is 10.2 Å². The Morgan fingerprint density at radius 1 is 1.21 bits per heavy atom. The smallest absolute Gasteiger partial charge is 0.326 e. The van der Waals surface area contributed by atoms with Crippen molar-refractivity contribution < 1.29 is 44.3 Å². The molecule has 0 bridgehead atoms. The number of nitrogens with one attached hydrogen (secondary N) is 1. The molecule has 0 aromatic carbocycles. The van der Waals surface area contributed by atoms with E-state index in [1.807, 2.05) is 0 Å². The quantitative estimate of drug-likeness (QED) is 0.194. The first-order chi connectivity index (χ1) is 13.0.